The van der Waals surface area contributed by atoms with Crippen LogP contribution in [0, 0.1) is 0 Å². The predicted octanol–water partition coefficient (Wildman–Crippen LogP) is -6.75. The van der Waals surface area contributed by atoms with Gasteiger partial charge in [-0.15, -0.1) is 0 Å². The summed E-state index contributed by atoms with van der Waals surface area (Å²) in [5, 5.41) is 123. The van der Waals surface area contributed by atoms with Crippen molar-refractivity contribution in [2.24, 2.45) is 0 Å². The van der Waals surface area contributed by atoms with E-state index < -0.39 is 23.4 Å². The molecule has 0 saturated carbocycles. The molecular formula is C24H64N8O16Ti. The van der Waals surface area contributed by atoms with Gasteiger partial charge < -0.3 is 40.9 Å². The summed E-state index contributed by atoms with van der Waals surface area (Å²) < 4.78 is 0. The molecular weight excluding hydrogens is 704 g/mol. The Morgan fingerprint density at radius 3 is 0.469 bits per heavy atom. The van der Waals surface area contributed by atoms with Crippen LogP contribution < -0.4 is 42.5 Å². The Morgan fingerprint density at radius 1 is 0.306 bits per heavy atom. The van der Waals surface area contributed by atoms with E-state index >= 15 is 0 Å². The first-order valence-corrected chi connectivity index (χ1v) is 14.9. The van der Waals surface area contributed by atoms with Gasteiger partial charge in [0.15, 0.2) is 0 Å². The van der Waals surface area contributed by atoms with Crippen LogP contribution in [-0.4, -0.2) is 190 Å². The molecule has 0 amide bonds. The molecule has 0 bridgehead atoms. The minimum absolute atomic E-state index is 0. The molecule has 0 unspecified atom stereocenters. The number of nitrogens with one attached hydrogen (secondary N) is 8. The van der Waals surface area contributed by atoms with Crippen molar-refractivity contribution in [2.45, 2.75) is 51.1 Å². The van der Waals surface area contributed by atoms with Crippen LogP contribution in [0.25, 0.3) is 0 Å². The Morgan fingerprint density at radius 2 is 0.408 bits per heavy atom. The molecule has 0 aromatic carbocycles. The molecule has 0 atom stereocenters. The van der Waals surface area contributed by atoms with Gasteiger partial charge in [0.25, 0.3) is 0 Å². The van der Waals surface area contributed by atoms with E-state index in [1.807, 2.05) is 0 Å². The standard InChI is InChI=1S/4C6H16N2O4.Ti/c4*1-6(12-11,7-2-4-9)8-3-5-10;/h4*7-11H,2-5H2,1H3;. The zero-order valence-electron chi connectivity index (χ0n) is 28.8. The van der Waals surface area contributed by atoms with Gasteiger partial charge in [0.2, 0.25) is 23.4 Å². The van der Waals surface area contributed by atoms with Gasteiger partial charge in [0.1, 0.15) is 0 Å². The van der Waals surface area contributed by atoms with Gasteiger partial charge >= 0.3 is 0 Å². The van der Waals surface area contributed by atoms with Gasteiger partial charge in [-0.05, 0) is 27.7 Å². The number of rotatable bonds is 28. The van der Waals surface area contributed by atoms with Crippen molar-refractivity contribution in [1.82, 2.24) is 42.5 Å². The molecule has 0 fully saturated rings. The molecule has 0 saturated heterocycles. The zero-order chi connectivity index (χ0) is 37.8. The zero-order valence-corrected chi connectivity index (χ0v) is 30.4. The third-order valence-corrected chi connectivity index (χ3v) is 5.32. The first-order valence-electron chi connectivity index (χ1n) is 14.9. The summed E-state index contributed by atoms with van der Waals surface area (Å²) >= 11 is 0. The molecule has 0 aliphatic carbocycles. The maximum absolute atomic E-state index is 8.47. The van der Waals surface area contributed by atoms with Crippen LogP contribution in [0.2, 0.25) is 0 Å². The van der Waals surface area contributed by atoms with Crippen LogP contribution in [0.3, 0.4) is 0 Å². The molecule has 0 heterocycles. The molecule has 0 aromatic heterocycles. The molecule has 300 valence electrons. The average molecular weight is 769 g/mol. The minimum atomic E-state index is -1.12. The van der Waals surface area contributed by atoms with Crippen LogP contribution in [0.1, 0.15) is 27.7 Å². The molecule has 20 N–H and O–H groups in total. The summed E-state index contributed by atoms with van der Waals surface area (Å²) in [6.45, 7) is 8.01. The molecule has 49 heavy (non-hydrogen) atoms. The first kappa shape index (κ1) is 58.1. The van der Waals surface area contributed by atoms with E-state index in [4.69, 9.17) is 61.9 Å². The van der Waals surface area contributed by atoms with Crippen molar-refractivity contribution in [3.63, 3.8) is 0 Å². The van der Waals surface area contributed by atoms with Gasteiger partial charge in [-0.3, -0.25) is 42.5 Å². The number of aliphatic hydroxyl groups excluding tert-OH is 8. The van der Waals surface area contributed by atoms with Gasteiger partial charge in [0, 0.05) is 74.1 Å². The van der Waals surface area contributed by atoms with E-state index in [0.717, 1.165) is 0 Å². The smallest absolute Gasteiger partial charge is 0.204 e. The molecule has 0 radical (unpaired) electrons. The van der Waals surface area contributed by atoms with E-state index in [2.05, 4.69) is 62.1 Å². The van der Waals surface area contributed by atoms with Crippen LogP contribution >= 0.6 is 0 Å². The summed E-state index contributed by atoms with van der Waals surface area (Å²) in [6.07, 6.45) is 0. The predicted molar refractivity (Wildman–Crippen MR) is 169 cm³/mol. The molecule has 0 aliphatic rings. The first-order chi connectivity index (χ1) is 22.7. The van der Waals surface area contributed by atoms with Crippen molar-refractivity contribution in [3.05, 3.63) is 0 Å². The summed E-state index contributed by atoms with van der Waals surface area (Å²) in [7, 11) is 0. The maximum Gasteiger partial charge on any atom is 0.204 e. The van der Waals surface area contributed by atoms with Gasteiger partial charge in [-0.1, -0.05) is 0 Å². The van der Waals surface area contributed by atoms with Gasteiger partial charge in [-0.2, -0.15) is 0 Å². The molecule has 24 nitrogen and oxygen atoms in total. The van der Waals surface area contributed by atoms with Crippen LogP contribution in [0.15, 0.2) is 0 Å². The van der Waals surface area contributed by atoms with E-state index in [0.29, 0.717) is 0 Å². The largest absolute Gasteiger partial charge is 0.395 e. The summed E-state index contributed by atoms with van der Waals surface area (Å²) in [5.74, 6) is -4.48. The fourth-order valence-electron chi connectivity index (χ4n) is 2.86. The molecule has 25 heteroatoms. The van der Waals surface area contributed by atoms with E-state index in [9.17, 15) is 0 Å². The number of hydrogen-bond donors (Lipinski definition) is 20. The maximum atomic E-state index is 8.47. The van der Waals surface area contributed by atoms with Crippen molar-refractivity contribution in [3.8, 4) is 0 Å². The fourth-order valence-corrected chi connectivity index (χ4v) is 2.86. The second-order valence-corrected chi connectivity index (χ2v) is 9.70. The van der Waals surface area contributed by atoms with Crippen molar-refractivity contribution >= 4 is 0 Å². The topological polar surface area (TPSA) is 376 Å². The van der Waals surface area contributed by atoms with Crippen LogP contribution in [0.4, 0.5) is 0 Å². The van der Waals surface area contributed by atoms with Gasteiger partial charge in [-0.25, -0.2) is 40.6 Å². The van der Waals surface area contributed by atoms with Crippen molar-refractivity contribution < 1.29 is 103 Å². The van der Waals surface area contributed by atoms with Crippen LogP contribution in [0.5, 0.6) is 0 Å². The van der Waals surface area contributed by atoms with Crippen LogP contribution in [-0.2, 0) is 41.3 Å². The quantitative estimate of drug-likeness (QED) is 0.0152. The second kappa shape index (κ2) is 39.0. The second-order valence-electron chi connectivity index (χ2n) is 9.70. The summed E-state index contributed by atoms with van der Waals surface area (Å²) in [6, 6.07) is 0. The Kier molecular flexibility index (Phi) is 46.2. The molecule has 0 spiro atoms. The van der Waals surface area contributed by atoms with E-state index in [-0.39, 0.29) is 127 Å². The van der Waals surface area contributed by atoms with Crippen molar-refractivity contribution in [1.29, 1.82) is 0 Å². The fraction of sp³-hybridized carbons (Fsp3) is 1.00. The van der Waals surface area contributed by atoms with E-state index in [1.54, 1.807) is 27.7 Å². The Balaban J connectivity index is -0.000000174. The average Bonchev–Trinajstić information content (AvgIpc) is 3.12. The normalized spacial score (nSPS) is 11.8. The third kappa shape index (κ3) is 37.3. The monoisotopic (exact) mass is 768 g/mol. The molecule has 0 rings (SSSR count). The SMILES string of the molecule is CC(NCCO)(NCCO)OO.CC(NCCO)(NCCO)OO.CC(NCCO)(NCCO)OO.CC(NCCO)(NCCO)OO.[Ti]. The summed E-state index contributed by atoms with van der Waals surface area (Å²) in [4.78, 5) is 16.4. The Labute approximate surface area is 301 Å². The Bertz CT molecular complexity index is 526. The number of hydrogen-bond acceptors (Lipinski definition) is 24. The molecule has 0 aromatic rings. The molecule has 0 aliphatic heterocycles. The Hall–Kier alpha value is -0.246. The van der Waals surface area contributed by atoms with E-state index in [1.165, 1.54) is 0 Å². The minimum Gasteiger partial charge on any atom is -0.395 e. The van der Waals surface area contributed by atoms with Gasteiger partial charge in [0.05, 0.1) is 52.9 Å². The third-order valence-electron chi connectivity index (χ3n) is 5.32. The van der Waals surface area contributed by atoms with Crippen molar-refractivity contribution in [2.75, 3.05) is 105 Å². The summed E-state index contributed by atoms with van der Waals surface area (Å²) in [5.41, 5.74) is 0. The number of aliphatic hydroxyl groups is 8.